The fraction of sp³-hybridized carbons (Fsp3) is 0.375. The summed E-state index contributed by atoms with van der Waals surface area (Å²) < 4.78 is 0. The fourth-order valence-corrected chi connectivity index (χ4v) is 2.64. The van der Waals surface area contributed by atoms with Gasteiger partial charge >= 0.3 is 0 Å². The van der Waals surface area contributed by atoms with Crippen LogP contribution in [0.3, 0.4) is 0 Å². The van der Waals surface area contributed by atoms with Crippen LogP contribution in [0.15, 0.2) is 42.5 Å². The van der Waals surface area contributed by atoms with Gasteiger partial charge in [-0.1, -0.05) is 30.3 Å². The van der Waals surface area contributed by atoms with E-state index in [1.54, 1.807) is 0 Å². The molecule has 0 spiro atoms. The molecule has 0 saturated heterocycles. The van der Waals surface area contributed by atoms with Crippen LogP contribution in [-0.4, -0.2) is 22.3 Å². The van der Waals surface area contributed by atoms with Gasteiger partial charge in [0.1, 0.15) is 5.82 Å². The zero-order valence-corrected chi connectivity index (χ0v) is 11.5. The van der Waals surface area contributed by atoms with Crippen molar-refractivity contribution in [3.05, 3.63) is 42.5 Å². The van der Waals surface area contributed by atoms with E-state index in [0.717, 1.165) is 42.8 Å². The lowest BCUT2D eigenvalue weighted by Crippen LogP contribution is -2.33. The number of nitrogens with one attached hydrogen (secondary N) is 1. The molecule has 0 amide bonds. The molecule has 0 radical (unpaired) electrons. The summed E-state index contributed by atoms with van der Waals surface area (Å²) in [5, 5.41) is 12.0. The molecule has 20 heavy (non-hydrogen) atoms. The first-order chi connectivity index (χ1) is 9.81. The Bertz CT molecular complexity index is 530. The molecule has 104 valence electrons. The third-order valence-electron chi connectivity index (χ3n) is 3.86. The van der Waals surface area contributed by atoms with Gasteiger partial charge in [-0.05, 0) is 37.8 Å². The molecule has 4 nitrogen and oxygen atoms in total. The van der Waals surface area contributed by atoms with Gasteiger partial charge in [0.25, 0.3) is 0 Å². The molecule has 1 heterocycles. The molecule has 1 aliphatic carbocycles. The Balaban J connectivity index is 1.65. The Morgan fingerprint density at radius 1 is 0.900 bits per heavy atom. The van der Waals surface area contributed by atoms with Crippen LogP contribution in [0.25, 0.3) is 11.3 Å². The predicted octanol–water partition coefficient (Wildman–Crippen LogP) is 2.83. The van der Waals surface area contributed by atoms with Crippen LogP contribution in [0.4, 0.5) is 5.82 Å². The van der Waals surface area contributed by atoms with E-state index in [4.69, 9.17) is 5.73 Å². The average molecular weight is 268 g/mol. The van der Waals surface area contributed by atoms with Crippen molar-refractivity contribution in [3.63, 3.8) is 0 Å². The van der Waals surface area contributed by atoms with Crippen molar-refractivity contribution >= 4 is 5.82 Å². The maximum atomic E-state index is 5.92. The molecule has 3 rings (SSSR count). The van der Waals surface area contributed by atoms with Crippen molar-refractivity contribution in [3.8, 4) is 11.3 Å². The van der Waals surface area contributed by atoms with E-state index in [1.807, 2.05) is 42.5 Å². The molecule has 3 N–H and O–H groups in total. The van der Waals surface area contributed by atoms with E-state index in [0.29, 0.717) is 12.1 Å². The molecule has 4 heteroatoms. The molecular formula is C16H20N4. The summed E-state index contributed by atoms with van der Waals surface area (Å²) in [4.78, 5) is 0. The van der Waals surface area contributed by atoms with Crippen molar-refractivity contribution in [1.82, 2.24) is 10.2 Å². The van der Waals surface area contributed by atoms with Crippen molar-refractivity contribution in [2.45, 2.75) is 37.8 Å². The van der Waals surface area contributed by atoms with Crippen LogP contribution >= 0.6 is 0 Å². The molecule has 2 aromatic rings. The Morgan fingerprint density at radius 2 is 1.65 bits per heavy atom. The van der Waals surface area contributed by atoms with Crippen LogP contribution in [0.5, 0.6) is 0 Å². The summed E-state index contributed by atoms with van der Waals surface area (Å²) in [6.45, 7) is 0. The highest BCUT2D eigenvalue weighted by molar-refractivity contribution is 5.59. The lowest BCUT2D eigenvalue weighted by atomic mass is 9.92. The van der Waals surface area contributed by atoms with Gasteiger partial charge in [0.2, 0.25) is 0 Å². The highest BCUT2D eigenvalue weighted by atomic mass is 15.2. The number of rotatable bonds is 3. The fourth-order valence-electron chi connectivity index (χ4n) is 2.64. The second kappa shape index (κ2) is 6.01. The first-order valence-electron chi connectivity index (χ1n) is 7.22. The number of hydrogen-bond donors (Lipinski definition) is 2. The van der Waals surface area contributed by atoms with Gasteiger partial charge < -0.3 is 11.1 Å². The Labute approximate surface area is 119 Å². The smallest absolute Gasteiger partial charge is 0.148 e. The molecule has 1 fully saturated rings. The summed E-state index contributed by atoms with van der Waals surface area (Å²) in [6.07, 6.45) is 4.41. The van der Waals surface area contributed by atoms with Crippen LogP contribution in [-0.2, 0) is 0 Å². The lowest BCUT2D eigenvalue weighted by Gasteiger charge is -2.26. The third-order valence-corrected chi connectivity index (χ3v) is 3.86. The van der Waals surface area contributed by atoms with Crippen molar-refractivity contribution in [1.29, 1.82) is 0 Å². The number of nitrogens with zero attached hydrogens (tertiary/aromatic N) is 2. The molecule has 0 aliphatic heterocycles. The molecule has 1 aromatic carbocycles. The summed E-state index contributed by atoms with van der Waals surface area (Å²) in [7, 11) is 0. The Hall–Kier alpha value is -1.94. The van der Waals surface area contributed by atoms with E-state index < -0.39 is 0 Å². The standard InChI is InChI=1S/C16H20N4/c17-13-6-8-14(9-7-13)18-16-11-10-15(19-20-16)12-4-2-1-3-5-12/h1-5,10-11,13-14H,6-9,17H2,(H,18,20). The summed E-state index contributed by atoms with van der Waals surface area (Å²) in [5.74, 6) is 0.852. The first-order valence-corrected chi connectivity index (χ1v) is 7.22. The first kappa shape index (κ1) is 13.1. The van der Waals surface area contributed by atoms with Gasteiger partial charge in [-0.3, -0.25) is 0 Å². The van der Waals surface area contributed by atoms with Gasteiger partial charge in [0.05, 0.1) is 5.69 Å². The summed E-state index contributed by atoms with van der Waals surface area (Å²) >= 11 is 0. The zero-order chi connectivity index (χ0) is 13.8. The van der Waals surface area contributed by atoms with Crippen molar-refractivity contribution in [2.24, 2.45) is 5.73 Å². The number of anilines is 1. The summed E-state index contributed by atoms with van der Waals surface area (Å²) in [6, 6.07) is 15.0. The van der Waals surface area contributed by atoms with E-state index in [9.17, 15) is 0 Å². The SMILES string of the molecule is NC1CCC(Nc2ccc(-c3ccccc3)nn2)CC1. The number of hydrogen-bond acceptors (Lipinski definition) is 4. The monoisotopic (exact) mass is 268 g/mol. The highest BCUT2D eigenvalue weighted by Crippen LogP contribution is 2.21. The van der Waals surface area contributed by atoms with Gasteiger partial charge in [-0.2, -0.15) is 0 Å². The van der Waals surface area contributed by atoms with Crippen LogP contribution < -0.4 is 11.1 Å². The van der Waals surface area contributed by atoms with Crippen LogP contribution in [0.1, 0.15) is 25.7 Å². The van der Waals surface area contributed by atoms with Crippen LogP contribution in [0.2, 0.25) is 0 Å². The maximum Gasteiger partial charge on any atom is 0.148 e. The van der Waals surface area contributed by atoms with E-state index in [2.05, 4.69) is 15.5 Å². The van der Waals surface area contributed by atoms with Gasteiger partial charge in [0.15, 0.2) is 0 Å². The summed E-state index contributed by atoms with van der Waals surface area (Å²) in [5.41, 5.74) is 7.92. The quantitative estimate of drug-likeness (QED) is 0.898. The topological polar surface area (TPSA) is 63.8 Å². The minimum absolute atomic E-state index is 0.375. The lowest BCUT2D eigenvalue weighted by molar-refractivity contribution is 0.410. The molecule has 1 aliphatic rings. The minimum Gasteiger partial charge on any atom is -0.366 e. The number of benzene rings is 1. The van der Waals surface area contributed by atoms with Crippen LogP contribution in [0, 0.1) is 0 Å². The second-order valence-electron chi connectivity index (χ2n) is 5.43. The van der Waals surface area contributed by atoms with E-state index >= 15 is 0 Å². The van der Waals surface area contributed by atoms with E-state index in [1.165, 1.54) is 0 Å². The molecule has 0 unspecified atom stereocenters. The molecular weight excluding hydrogens is 248 g/mol. The molecule has 0 bridgehead atoms. The predicted molar refractivity (Wildman–Crippen MR) is 81.3 cm³/mol. The molecule has 0 atom stereocenters. The number of aromatic nitrogens is 2. The molecule has 1 aromatic heterocycles. The zero-order valence-electron chi connectivity index (χ0n) is 11.5. The van der Waals surface area contributed by atoms with Crippen molar-refractivity contribution < 1.29 is 0 Å². The number of nitrogens with two attached hydrogens (primary N) is 1. The van der Waals surface area contributed by atoms with Gasteiger partial charge in [-0.15, -0.1) is 10.2 Å². The van der Waals surface area contributed by atoms with Gasteiger partial charge in [0, 0.05) is 17.6 Å². The third kappa shape index (κ3) is 3.14. The minimum atomic E-state index is 0.375. The Kier molecular flexibility index (Phi) is 3.92. The van der Waals surface area contributed by atoms with E-state index in [-0.39, 0.29) is 0 Å². The highest BCUT2D eigenvalue weighted by Gasteiger charge is 2.18. The maximum absolute atomic E-state index is 5.92. The second-order valence-corrected chi connectivity index (χ2v) is 5.43. The Morgan fingerprint density at radius 3 is 2.30 bits per heavy atom. The van der Waals surface area contributed by atoms with Crippen molar-refractivity contribution in [2.75, 3.05) is 5.32 Å². The molecule has 1 saturated carbocycles. The largest absolute Gasteiger partial charge is 0.366 e. The normalized spacial score (nSPS) is 22.4. The average Bonchev–Trinajstić information content (AvgIpc) is 2.51. The van der Waals surface area contributed by atoms with Gasteiger partial charge in [-0.25, -0.2) is 0 Å².